The van der Waals surface area contributed by atoms with Gasteiger partial charge in [0, 0.05) is 6.42 Å². The van der Waals surface area contributed by atoms with E-state index in [1.165, 1.54) is 180 Å². The van der Waals surface area contributed by atoms with Crippen molar-refractivity contribution in [2.45, 2.75) is 281 Å². The van der Waals surface area contributed by atoms with Crippen molar-refractivity contribution in [3.8, 4) is 0 Å². The lowest BCUT2D eigenvalue weighted by Gasteiger charge is -2.40. The number of nitrogens with one attached hydrogen (secondary N) is 1. The first-order valence-electron chi connectivity index (χ1n) is 26.2. The molecule has 1 fully saturated rings. The largest absolute Gasteiger partial charge is 0.394 e. The van der Waals surface area contributed by atoms with Crippen molar-refractivity contribution in [2.24, 2.45) is 0 Å². The van der Waals surface area contributed by atoms with Gasteiger partial charge >= 0.3 is 0 Å². The molecule has 6 N–H and O–H groups in total. The predicted molar refractivity (Wildman–Crippen MR) is 258 cm³/mol. The number of unbranched alkanes of at least 4 members (excludes halogenated alkanes) is 30. The summed E-state index contributed by atoms with van der Waals surface area (Å²) in [5, 5.41) is 54.1. The quantitative estimate of drug-likeness (QED) is 0.0262. The molecule has 1 amide bonds. The summed E-state index contributed by atoms with van der Waals surface area (Å²) in [5.41, 5.74) is 0. The molecule has 9 nitrogen and oxygen atoms in total. The number of hydrogen-bond acceptors (Lipinski definition) is 8. The van der Waals surface area contributed by atoms with Crippen LogP contribution in [0, 0.1) is 0 Å². The maximum Gasteiger partial charge on any atom is 0.220 e. The zero-order valence-corrected chi connectivity index (χ0v) is 40.1. The van der Waals surface area contributed by atoms with Crippen molar-refractivity contribution in [2.75, 3.05) is 13.2 Å². The molecule has 364 valence electrons. The van der Waals surface area contributed by atoms with Gasteiger partial charge in [-0.3, -0.25) is 4.79 Å². The van der Waals surface area contributed by atoms with E-state index < -0.39 is 49.5 Å². The zero-order valence-electron chi connectivity index (χ0n) is 40.1. The lowest BCUT2D eigenvalue weighted by molar-refractivity contribution is -0.302. The molecular formula is C53H99NO8. The molecule has 9 heteroatoms. The number of carbonyl (C=O) groups is 1. The van der Waals surface area contributed by atoms with E-state index in [2.05, 4.69) is 43.5 Å². The maximum absolute atomic E-state index is 13.0. The molecule has 0 aromatic rings. The van der Waals surface area contributed by atoms with E-state index >= 15 is 0 Å². The summed E-state index contributed by atoms with van der Waals surface area (Å²) in [6.45, 7) is 3.73. The molecule has 1 aliphatic heterocycles. The molecule has 1 aliphatic rings. The average Bonchev–Trinajstić information content (AvgIpc) is 3.27. The monoisotopic (exact) mass is 878 g/mol. The van der Waals surface area contributed by atoms with E-state index in [-0.39, 0.29) is 12.5 Å². The summed E-state index contributed by atoms with van der Waals surface area (Å²) < 4.78 is 11.2. The number of aliphatic hydroxyl groups is 5. The number of amides is 1. The summed E-state index contributed by atoms with van der Waals surface area (Å²) in [6, 6.07) is -0.818. The maximum atomic E-state index is 13.0. The Morgan fingerprint density at radius 2 is 0.919 bits per heavy atom. The van der Waals surface area contributed by atoms with Crippen LogP contribution < -0.4 is 5.32 Å². The van der Waals surface area contributed by atoms with Crippen LogP contribution in [0.4, 0.5) is 0 Å². The van der Waals surface area contributed by atoms with Crippen LogP contribution in [0.25, 0.3) is 0 Å². The summed E-state index contributed by atoms with van der Waals surface area (Å²) in [7, 11) is 0. The molecule has 62 heavy (non-hydrogen) atoms. The molecule has 0 aromatic carbocycles. The van der Waals surface area contributed by atoms with Gasteiger partial charge in [0.2, 0.25) is 5.91 Å². The van der Waals surface area contributed by atoms with E-state index in [0.717, 1.165) is 38.5 Å². The summed E-state index contributed by atoms with van der Waals surface area (Å²) >= 11 is 0. The Morgan fingerprint density at radius 3 is 1.37 bits per heavy atom. The minimum atomic E-state index is -1.57. The smallest absolute Gasteiger partial charge is 0.220 e. The number of hydrogen-bond donors (Lipinski definition) is 6. The molecule has 7 unspecified atom stereocenters. The molecule has 1 heterocycles. The summed E-state index contributed by atoms with van der Waals surface area (Å²) in [5.74, 6) is -0.188. The van der Waals surface area contributed by atoms with Crippen LogP contribution in [0.3, 0.4) is 0 Å². The van der Waals surface area contributed by atoms with Crippen molar-refractivity contribution in [1.29, 1.82) is 0 Å². The normalized spacial score (nSPS) is 20.5. The van der Waals surface area contributed by atoms with Gasteiger partial charge in [-0.05, 0) is 57.8 Å². The number of ether oxygens (including phenoxy) is 2. The number of allylic oxidation sites excluding steroid dienone is 5. The first-order chi connectivity index (χ1) is 30.3. The zero-order chi connectivity index (χ0) is 45.1. The highest BCUT2D eigenvalue weighted by Crippen LogP contribution is 2.23. The molecule has 0 bridgehead atoms. The van der Waals surface area contributed by atoms with Crippen LogP contribution in [-0.2, 0) is 14.3 Å². The van der Waals surface area contributed by atoms with Crippen molar-refractivity contribution in [3.05, 3.63) is 36.5 Å². The third-order valence-corrected chi connectivity index (χ3v) is 12.4. The van der Waals surface area contributed by atoms with Crippen LogP contribution in [0.2, 0.25) is 0 Å². The van der Waals surface area contributed by atoms with Crippen LogP contribution in [0.15, 0.2) is 36.5 Å². The molecule has 7 atom stereocenters. The molecular weight excluding hydrogens is 779 g/mol. The Morgan fingerprint density at radius 1 is 0.532 bits per heavy atom. The average molecular weight is 878 g/mol. The van der Waals surface area contributed by atoms with Crippen LogP contribution >= 0.6 is 0 Å². The minimum absolute atomic E-state index is 0.188. The molecule has 0 saturated carbocycles. The minimum Gasteiger partial charge on any atom is -0.394 e. The highest BCUT2D eigenvalue weighted by molar-refractivity contribution is 5.76. The van der Waals surface area contributed by atoms with Gasteiger partial charge in [-0.15, -0.1) is 0 Å². The lowest BCUT2D eigenvalue weighted by atomic mass is 9.99. The van der Waals surface area contributed by atoms with Crippen molar-refractivity contribution < 1.29 is 39.8 Å². The SMILES string of the molecule is CCCCCC/C=C/CC/C=C/C(O)C(COC1OC(CO)C(O)C(O)C1O)NC(=O)CCCCCCCCCCCCCCC/C=C\CCCCCCCCCCCCCC. The Kier molecular flexibility index (Phi) is 40.8. The van der Waals surface area contributed by atoms with Gasteiger partial charge in [-0.25, -0.2) is 0 Å². The Bertz CT molecular complexity index is 1070. The van der Waals surface area contributed by atoms with Crippen LogP contribution in [-0.4, -0.2) is 87.5 Å². The third kappa shape index (κ3) is 33.0. The van der Waals surface area contributed by atoms with Gasteiger partial charge < -0.3 is 40.3 Å². The standard InChI is InChI=1S/C53H99NO8/c1-3-5-7-9-11-13-15-16-17-18-19-20-21-22-23-24-25-26-27-28-29-30-31-32-33-35-37-39-41-43-49(57)54-46(45-61-53-52(60)51(59)50(58)48(44-55)62-53)47(56)42-40-38-36-34-14-12-10-8-6-4-2/h14,22-23,34,40,42,46-48,50-53,55-56,58-60H,3-13,15-21,24-33,35-39,41,43-45H2,1-2H3,(H,54,57)/b23-22-,34-14+,42-40+. The molecule has 0 aromatic heterocycles. The number of rotatable bonds is 44. The molecule has 0 aliphatic carbocycles. The Hall–Kier alpha value is -1.59. The van der Waals surface area contributed by atoms with Gasteiger partial charge in [0.1, 0.15) is 24.4 Å². The van der Waals surface area contributed by atoms with E-state index in [1.807, 2.05) is 6.08 Å². The van der Waals surface area contributed by atoms with Gasteiger partial charge in [-0.2, -0.15) is 0 Å². The second-order valence-electron chi connectivity index (χ2n) is 18.3. The van der Waals surface area contributed by atoms with E-state index in [0.29, 0.717) is 6.42 Å². The fourth-order valence-corrected chi connectivity index (χ4v) is 8.23. The Balaban J connectivity index is 2.15. The summed E-state index contributed by atoms with van der Waals surface area (Å²) in [6.07, 6.45) is 48.0. The third-order valence-electron chi connectivity index (χ3n) is 12.4. The van der Waals surface area contributed by atoms with E-state index in [4.69, 9.17) is 9.47 Å². The second kappa shape index (κ2) is 43.3. The van der Waals surface area contributed by atoms with Gasteiger partial charge in [0.05, 0.1) is 25.4 Å². The molecule has 1 saturated heterocycles. The van der Waals surface area contributed by atoms with Gasteiger partial charge in [-0.1, -0.05) is 211 Å². The van der Waals surface area contributed by atoms with E-state index in [9.17, 15) is 30.3 Å². The summed E-state index contributed by atoms with van der Waals surface area (Å²) in [4.78, 5) is 13.0. The molecule has 0 spiro atoms. The van der Waals surface area contributed by atoms with Crippen LogP contribution in [0.5, 0.6) is 0 Å². The highest BCUT2D eigenvalue weighted by Gasteiger charge is 2.44. The lowest BCUT2D eigenvalue weighted by Crippen LogP contribution is -2.60. The topological polar surface area (TPSA) is 149 Å². The predicted octanol–water partition coefficient (Wildman–Crippen LogP) is 12.0. The van der Waals surface area contributed by atoms with E-state index in [1.54, 1.807) is 6.08 Å². The fourth-order valence-electron chi connectivity index (χ4n) is 8.23. The molecule has 1 rings (SSSR count). The number of aliphatic hydroxyl groups excluding tert-OH is 5. The highest BCUT2D eigenvalue weighted by atomic mass is 16.7. The van der Waals surface area contributed by atoms with Crippen molar-refractivity contribution in [3.63, 3.8) is 0 Å². The van der Waals surface area contributed by atoms with Crippen LogP contribution in [0.1, 0.15) is 239 Å². The van der Waals surface area contributed by atoms with Gasteiger partial charge in [0.15, 0.2) is 6.29 Å². The second-order valence-corrected chi connectivity index (χ2v) is 18.3. The molecule has 0 radical (unpaired) electrons. The van der Waals surface area contributed by atoms with Crippen molar-refractivity contribution >= 4 is 5.91 Å². The first-order valence-corrected chi connectivity index (χ1v) is 26.2. The van der Waals surface area contributed by atoms with Crippen molar-refractivity contribution in [1.82, 2.24) is 5.32 Å². The Labute approximate surface area is 381 Å². The first kappa shape index (κ1) is 58.4. The number of carbonyl (C=O) groups excluding carboxylic acids is 1. The fraction of sp³-hybridized carbons (Fsp3) is 0.868. The van der Waals surface area contributed by atoms with Gasteiger partial charge in [0.25, 0.3) is 0 Å².